The molecule has 19 atom stereocenters. The topological polar surface area (TPSA) is 181 Å². The van der Waals surface area contributed by atoms with Crippen molar-refractivity contribution in [1.29, 1.82) is 0 Å². The van der Waals surface area contributed by atoms with E-state index in [0.717, 1.165) is 19.5 Å². The number of fused-ring (bicyclic) bond motifs is 1. The molecule has 5 fully saturated rings. The molecule has 59 heavy (non-hydrogen) atoms. The van der Waals surface area contributed by atoms with Gasteiger partial charge in [-0.1, -0.05) is 27.7 Å². The molecule has 5 aliphatic rings. The van der Waals surface area contributed by atoms with Gasteiger partial charge in [-0.2, -0.15) is 0 Å². The Morgan fingerprint density at radius 2 is 1.49 bits per heavy atom. The van der Waals surface area contributed by atoms with Crippen molar-refractivity contribution in [3.05, 3.63) is 0 Å². The van der Waals surface area contributed by atoms with Crippen LogP contribution in [0.3, 0.4) is 0 Å². The predicted molar refractivity (Wildman–Crippen MR) is 214 cm³/mol. The highest BCUT2D eigenvalue weighted by Gasteiger charge is 2.70. The maximum atomic E-state index is 14.4. The highest BCUT2D eigenvalue weighted by Crippen LogP contribution is 2.52. The SMILES string of the molecule is CO[C@]1(C)C[C@H](O[C@H]2[C@H](C)[C@@H](O[C@@H]3O[C@H](C)C[C@@H](N4CCOCC4)[C@@H]3N(C)C)[C@@](C)(OC)C[C@@H](C)C(=O)[C@H](C)[C@@H](O)[C@@]3(O)C(C)[C@H]3OC(=O)[C@@H]2C)O[C@@H](C)[C@@H]1OC(C)=O. The van der Waals surface area contributed by atoms with Gasteiger partial charge in [0.05, 0.1) is 61.3 Å². The van der Waals surface area contributed by atoms with Crippen molar-refractivity contribution < 1.29 is 67.2 Å². The molecule has 4 saturated heterocycles. The maximum absolute atomic E-state index is 14.4. The molecule has 1 aliphatic carbocycles. The lowest BCUT2D eigenvalue weighted by atomic mass is 9.75. The van der Waals surface area contributed by atoms with E-state index in [1.165, 1.54) is 14.0 Å². The number of aliphatic hydroxyl groups is 2. The van der Waals surface area contributed by atoms with Crippen LogP contribution in [0.25, 0.3) is 0 Å². The molecule has 0 radical (unpaired) electrons. The average Bonchev–Trinajstić information content (AvgIpc) is 3.72. The third-order valence-electron chi connectivity index (χ3n) is 14.3. The minimum atomic E-state index is -1.81. The van der Waals surface area contributed by atoms with E-state index in [2.05, 4.69) is 9.80 Å². The van der Waals surface area contributed by atoms with E-state index < -0.39 is 108 Å². The van der Waals surface area contributed by atoms with Crippen LogP contribution in [0.15, 0.2) is 0 Å². The zero-order valence-electron chi connectivity index (χ0n) is 37.9. The molecule has 0 amide bonds. The number of methoxy groups -OCH3 is 2. The van der Waals surface area contributed by atoms with Crippen molar-refractivity contribution in [3.8, 4) is 0 Å². The van der Waals surface area contributed by atoms with Gasteiger partial charge in [0.1, 0.15) is 23.1 Å². The van der Waals surface area contributed by atoms with E-state index >= 15 is 0 Å². The molecule has 4 heterocycles. The molecule has 4 aliphatic heterocycles. The Balaban J connectivity index is 1.60. The molecule has 0 aromatic rings. The zero-order chi connectivity index (χ0) is 43.9. The smallest absolute Gasteiger partial charge is 0.311 e. The summed E-state index contributed by atoms with van der Waals surface area (Å²) in [5, 5.41) is 23.2. The van der Waals surface area contributed by atoms with E-state index in [4.69, 9.17) is 42.6 Å². The van der Waals surface area contributed by atoms with E-state index in [1.807, 2.05) is 41.8 Å². The highest BCUT2D eigenvalue weighted by molar-refractivity contribution is 5.84. The second-order valence-corrected chi connectivity index (χ2v) is 18.8. The lowest BCUT2D eigenvalue weighted by Crippen LogP contribution is -2.65. The van der Waals surface area contributed by atoms with Crippen molar-refractivity contribution in [1.82, 2.24) is 9.80 Å². The number of hydrogen-bond donors (Lipinski definition) is 2. The third-order valence-corrected chi connectivity index (χ3v) is 14.3. The number of ketones is 1. The first-order valence-electron chi connectivity index (χ1n) is 21.6. The summed E-state index contributed by atoms with van der Waals surface area (Å²) in [7, 11) is 7.13. The summed E-state index contributed by atoms with van der Waals surface area (Å²) in [6, 6.07) is -0.152. The van der Waals surface area contributed by atoms with Crippen LogP contribution in [-0.2, 0) is 57.0 Å². The number of carbonyl (C=O) groups is 3. The van der Waals surface area contributed by atoms with Gasteiger partial charge in [0.2, 0.25) is 0 Å². The number of hydrogen-bond acceptors (Lipinski definition) is 16. The second kappa shape index (κ2) is 18.9. The van der Waals surface area contributed by atoms with Crippen LogP contribution in [0.4, 0.5) is 0 Å². The van der Waals surface area contributed by atoms with E-state index in [0.29, 0.717) is 13.2 Å². The van der Waals surface area contributed by atoms with Crippen molar-refractivity contribution in [3.63, 3.8) is 0 Å². The Kier molecular flexibility index (Phi) is 15.4. The lowest BCUT2D eigenvalue weighted by molar-refractivity contribution is -0.315. The summed E-state index contributed by atoms with van der Waals surface area (Å²) in [6.45, 7) is 20.4. The minimum Gasteiger partial charge on any atom is -0.458 e. The van der Waals surface area contributed by atoms with Gasteiger partial charge >= 0.3 is 11.9 Å². The standard InChI is InChI=1S/C43H74N2O14/c1-22-20-41(9,51-13)36(59-40-32(44(11)12)30(19-23(2)54-40)45-15-17-53-18-16-45)25(4)34(57-31-21-42(10,52-14)38(28(7)55-31)56-29(8)46)26(5)39(49)58-37-27(6)43(37,50)35(48)24(3)33(22)47/h22-28,30-32,34-38,40,48,50H,15-21H2,1-14H3/t22-,23-,24+,25+,26-,27?,28+,30-,31+,32+,34+,35-,36-,37-,38+,40+,41+,42-,43+/m1/s1. The van der Waals surface area contributed by atoms with E-state index in [-0.39, 0.29) is 36.8 Å². The molecular formula is C43H74N2O14. The maximum Gasteiger partial charge on any atom is 0.311 e. The Hall–Kier alpha value is -1.83. The summed E-state index contributed by atoms with van der Waals surface area (Å²) in [6.07, 6.45) is -6.55. The number of aliphatic hydroxyl groups excluding tert-OH is 1. The minimum absolute atomic E-state index is 0.0716. The van der Waals surface area contributed by atoms with Crippen molar-refractivity contribution in [2.24, 2.45) is 29.6 Å². The Morgan fingerprint density at radius 1 is 0.881 bits per heavy atom. The highest BCUT2D eigenvalue weighted by atomic mass is 16.7. The summed E-state index contributed by atoms with van der Waals surface area (Å²) in [5.41, 5.74) is -4.02. The third kappa shape index (κ3) is 9.73. The molecule has 340 valence electrons. The van der Waals surface area contributed by atoms with Crippen LogP contribution in [-0.4, -0.2) is 177 Å². The predicted octanol–water partition coefficient (Wildman–Crippen LogP) is 2.57. The van der Waals surface area contributed by atoms with Crippen LogP contribution >= 0.6 is 0 Å². The Morgan fingerprint density at radius 3 is 2.07 bits per heavy atom. The molecule has 0 bridgehead atoms. The monoisotopic (exact) mass is 843 g/mol. The molecule has 0 spiro atoms. The summed E-state index contributed by atoms with van der Waals surface area (Å²) >= 11 is 0. The van der Waals surface area contributed by atoms with Gasteiger partial charge in [-0.25, -0.2) is 0 Å². The van der Waals surface area contributed by atoms with Crippen LogP contribution in [0.2, 0.25) is 0 Å². The van der Waals surface area contributed by atoms with Crippen LogP contribution in [0.1, 0.15) is 88.5 Å². The van der Waals surface area contributed by atoms with Gasteiger partial charge in [-0.05, 0) is 61.6 Å². The summed E-state index contributed by atoms with van der Waals surface area (Å²) < 4.78 is 57.2. The fourth-order valence-electron chi connectivity index (χ4n) is 10.6. The molecule has 0 aromatic heterocycles. The van der Waals surface area contributed by atoms with Gasteiger partial charge in [-0.15, -0.1) is 0 Å². The molecule has 2 N–H and O–H groups in total. The first-order chi connectivity index (χ1) is 27.5. The molecule has 16 nitrogen and oxygen atoms in total. The number of carbonyl (C=O) groups excluding carboxylic acids is 3. The van der Waals surface area contributed by atoms with Gasteiger partial charge in [0.25, 0.3) is 0 Å². The quantitative estimate of drug-likeness (QED) is 0.323. The average molecular weight is 843 g/mol. The van der Waals surface area contributed by atoms with Crippen LogP contribution in [0.5, 0.6) is 0 Å². The lowest BCUT2D eigenvalue weighted by Gasteiger charge is -2.52. The van der Waals surface area contributed by atoms with Crippen LogP contribution < -0.4 is 0 Å². The van der Waals surface area contributed by atoms with Crippen molar-refractivity contribution in [2.45, 2.75) is 173 Å². The molecule has 1 unspecified atom stereocenters. The fraction of sp³-hybridized carbons (Fsp3) is 0.930. The Bertz CT molecular complexity index is 1460. The summed E-state index contributed by atoms with van der Waals surface area (Å²) in [5.74, 6) is -5.29. The first-order valence-corrected chi connectivity index (χ1v) is 21.6. The molecule has 1 saturated carbocycles. The largest absolute Gasteiger partial charge is 0.458 e. The van der Waals surface area contributed by atoms with E-state index in [1.54, 1.807) is 41.7 Å². The normalized spacial score (nSPS) is 48.2. The number of morpholine rings is 1. The first kappa shape index (κ1) is 48.2. The molecule has 16 heteroatoms. The van der Waals surface area contributed by atoms with Crippen LogP contribution in [0, 0.1) is 29.6 Å². The van der Waals surface area contributed by atoms with Gasteiger partial charge < -0.3 is 57.7 Å². The van der Waals surface area contributed by atoms with Gasteiger partial charge in [-0.3, -0.25) is 19.3 Å². The van der Waals surface area contributed by atoms with E-state index in [9.17, 15) is 24.6 Å². The number of likely N-dealkylation sites (N-methyl/N-ethyl adjacent to an activating group) is 1. The number of ether oxygens (including phenoxy) is 9. The fourth-order valence-corrected chi connectivity index (χ4v) is 10.6. The molecule has 0 aromatic carbocycles. The number of rotatable bonds is 9. The number of nitrogens with zero attached hydrogens (tertiary/aromatic N) is 2. The van der Waals surface area contributed by atoms with Crippen molar-refractivity contribution in [2.75, 3.05) is 54.6 Å². The van der Waals surface area contributed by atoms with Gasteiger partial charge in [0, 0.05) is 70.4 Å². The zero-order valence-corrected chi connectivity index (χ0v) is 37.9. The molecule has 5 rings (SSSR count). The number of Topliss-reactive ketones (excluding diaryl/α,β-unsaturated/α-hetero) is 1. The van der Waals surface area contributed by atoms with Crippen molar-refractivity contribution >= 4 is 17.7 Å². The second-order valence-electron chi connectivity index (χ2n) is 18.8. The number of esters is 2. The Labute approximate surface area is 351 Å². The summed E-state index contributed by atoms with van der Waals surface area (Å²) in [4.78, 5) is 45.2. The molecular weight excluding hydrogens is 768 g/mol. The van der Waals surface area contributed by atoms with Gasteiger partial charge in [0.15, 0.2) is 18.7 Å².